The van der Waals surface area contributed by atoms with Gasteiger partial charge in [-0.3, -0.25) is 9.69 Å². The Labute approximate surface area is 245 Å². The van der Waals surface area contributed by atoms with Crippen LogP contribution in [0.5, 0.6) is 0 Å². The van der Waals surface area contributed by atoms with Gasteiger partial charge in [-0.1, -0.05) is 6.42 Å². The average Bonchev–Trinajstić information content (AvgIpc) is 3.60. The number of nitrogens with zero attached hydrogens (tertiary/aromatic N) is 3. The number of piperidine rings is 2. The first-order valence-electron chi connectivity index (χ1n) is 13.7. The van der Waals surface area contributed by atoms with Gasteiger partial charge < -0.3 is 15.8 Å². The molecule has 42 heavy (non-hydrogen) atoms. The van der Waals surface area contributed by atoms with Gasteiger partial charge in [-0.2, -0.15) is 13.2 Å². The number of halogens is 3. The average molecular weight is 630 g/mol. The predicted molar refractivity (Wildman–Crippen MR) is 154 cm³/mol. The summed E-state index contributed by atoms with van der Waals surface area (Å²) in [6, 6.07) is 3.94. The number of aromatic amines is 1. The standard InChI is InChI=1S/C25H33N5O3S2.C2HF3O2/c1-2-35(32,33)30-10-6-17(7-11-30)22-15-27-23-20(22)12-18(13-21(23)24(26)31)25-28-14-19(34-25)16-29-8-4-3-5-9-29;3-2(4,5)1(6)7/h12-15,17,27H,2-11,16H2,1H3,(H2,26,31);(H,6,7). The number of fused-ring (bicyclic) bond motifs is 1. The second-order valence-corrected chi connectivity index (χ2v) is 13.8. The first-order valence-corrected chi connectivity index (χ1v) is 16.1. The highest BCUT2D eigenvalue weighted by atomic mass is 32.2. The number of carbonyl (C=O) groups is 2. The maximum absolute atomic E-state index is 12.3. The zero-order valence-corrected chi connectivity index (χ0v) is 24.7. The number of aliphatic carboxylic acids is 1. The number of aromatic nitrogens is 2. The van der Waals surface area contributed by atoms with Crippen molar-refractivity contribution in [2.24, 2.45) is 5.73 Å². The summed E-state index contributed by atoms with van der Waals surface area (Å²) >= 11 is 1.67. The van der Waals surface area contributed by atoms with Crippen LogP contribution in [0.15, 0.2) is 24.5 Å². The number of benzene rings is 1. The van der Waals surface area contributed by atoms with Crippen LogP contribution in [0.2, 0.25) is 0 Å². The molecule has 230 valence electrons. The van der Waals surface area contributed by atoms with Gasteiger partial charge in [-0.15, -0.1) is 11.3 Å². The lowest BCUT2D eigenvalue weighted by Crippen LogP contribution is -2.38. The number of hydrogen-bond donors (Lipinski definition) is 3. The summed E-state index contributed by atoms with van der Waals surface area (Å²) in [4.78, 5) is 32.9. The monoisotopic (exact) mass is 629 g/mol. The van der Waals surface area contributed by atoms with Crippen LogP contribution in [-0.4, -0.2) is 82.7 Å². The minimum atomic E-state index is -5.08. The Kier molecular flexibility index (Phi) is 9.96. The summed E-state index contributed by atoms with van der Waals surface area (Å²) in [6.45, 7) is 5.90. The number of H-pyrrole nitrogens is 1. The van der Waals surface area contributed by atoms with Gasteiger partial charge in [0.1, 0.15) is 5.01 Å². The number of sulfonamides is 1. The maximum Gasteiger partial charge on any atom is 0.490 e. The van der Waals surface area contributed by atoms with Gasteiger partial charge in [0.2, 0.25) is 10.0 Å². The van der Waals surface area contributed by atoms with Crippen LogP contribution in [0, 0.1) is 0 Å². The lowest BCUT2D eigenvalue weighted by molar-refractivity contribution is -0.192. The van der Waals surface area contributed by atoms with Crippen LogP contribution in [0.25, 0.3) is 21.5 Å². The molecule has 0 unspecified atom stereocenters. The van der Waals surface area contributed by atoms with Crippen LogP contribution in [-0.2, 0) is 21.4 Å². The molecule has 2 aliphatic heterocycles. The van der Waals surface area contributed by atoms with E-state index in [1.165, 1.54) is 24.1 Å². The van der Waals surface area contributed by atoms with Gasteiger partial charge in [0.05, 0.1) is 16.8 Å². The third-order valence-electron chi connectivity index (χ3n) is 7.61. The van der Waals surface area contributed by atoms with Crippen molar-refractivity contribution >= 4 is 44.1 Å². The van der Waals surface area contributed by atoms with E-state index in [-0.39, 0.29) is 11.7 Å². The van der Waals surface area contributed by atoms with E-state index in [0.29, 0.717) is 18.7 Å². The SMILES string of the molecule is CCS(=O)(=O)N1CCC(c2c[nH]c3c(C(N)=O)cc(-c4ncc(CN5CCCCC5)s4)cc23)CC1.O=C(O)C(F)(F)F. The molecule has 2 aliphatic rings. The molecule has 2 saturated heterocycles. The molecule has 15 heteroatoms. The molecule has 0 bridgehead atoms. The number of nitrogens with one attached hydrogen (secondary N) is 1. The van der Waals surface area contributed by atoms with Crippen LogP contribution in [0.3, 0.4) is 0 Å². The lowest BCUT2D eigenvalue weighted by atomic mass is 9.89. The molecule has 4 N–H and O–H groups in total. The summed E-state index contributed by atoms with van der Waals surface area (Å²) < 4.78 is 57.9. The van der Waals surface area contributed by atoms with Crippen molar-refractivity contribution in [3.05, 3.63) is 40.5 Å². The highest BCUT2D eigenvalue weighted by Crippen LogP contribution is 2.38. The number of carbonyl (C=O) groups excluding carboxylic acids is 1. The lowest BCUT2D eigenvalue weighted by Gasteiger charge is -2.31. The van der Waals surface area contributed by atoms with Gasteiger partial charge >= 0.3 is 12.1 Å². The zero-order valence-electron chi connectivity index (χ0n) is 23.1. The van der Waals surface area contributed by atoms with E-state index in [1.807, 2.05) is 18.5 Å². The van der Waals surface area contributed by atoms with E-state index in [2.05, 4.69) is 20.9 Å². The fourth-order valence-corrected chi connectivity index (χ4v) is 7.46. The van der Waals surface area contributed by atoms with Crippen molar-refractivity contribution < 1.29 is 36.3 Å². The zero-order chi connectivity index (χ0) is 30.7. The first kappa shape index (κ1) is 31.9. The second-order valence-electron chi connectivity index (χ2n) is 10.4. The van der Waals surface area contributed by atoms with E-state index in [9.17, 15) is 26.4 Å². The summed E-state index contributed by atoms with van der Waals surface area (Å²) in [5.74, 6) is -2.88. The number of rotatable bonds is 7. The molecule has 0 spiro atoms. The number of hydrogen-bond acceptors (Lipinski definition) is 7. The Morgan fingerprint density at radius 2 is 1.79 bits per heavy atom. The molecule has 0 aliphatic carbocycles. The molecule has 1 aromatic carbocycles. The number of carboxylic acids is 1. The normalized spacial score (nSPS) is 17.6. The summed E-state index contributed by atoms with van der Waals surface area (Å²) in [5.41, 5.74) is 8.98. The number of alkyl halides is 3. The summed E-state index contributed by atoms with van der Waals surface area (Å²) in [7, 11) is -3.17. The molecule has 3 aromatic rings. The van der Waals surface area contributed by atoms with E-state index in [1.54, 1.807) is 22.6 Å². The molecule has 2 aromatic heterocycles. The fraction of sp³-hybridized carbons (Fsp3) is 0.519. The molecule has 0 saturated carbocycles. The quantitative estimate of drug-likeness (QED) is 0.347. The Bertz CT molecular complexity index is 1520. The fourth-order valence-electron chi connectivity index (χ4n) is 5.39. The third-order valence-corrected chi connectivity index (χ3v) is 10.5. The van der Waals surface area contributed by atoms with Crippen molar-refractivity contribution in [1.29, 1.82) is 0 Å². The van der Waals surface area contributed by atoms with E-state index < -0.39 is 28.1 Å². The minimum absolute atomic E-state index is 0.129. The molecular weight excluding hydrogens is 595 g/mol. The molecule has 0 radical (unpaired) electrons. The highest BCUT2D eigenvalue weighted by Gasteiger charge is 2.38. The van der Waals surface area contributed by atoms with Crippen molar-refractivity contribution in [2.75, 3.05) is 31.9 Å². The van der Waals surface area contributed by atoms with Crippen molar-refractivity contribution in [3.8, 4) is 10.6 Å². The maximum atomic E-state index is 12.3. The van der Waals surface area contributed by atoms with E-state index >= 15 is 0 Å². The van der Waals surface area contributed by atoms with E-state index in [4.69, 9.17) is 15.6 Å². The summed E-state index contributed by atoms with van der Waals surface area (Å²) in [5, 5.41) is 8.98. The Morgan fingerprint density at radius 3 is 2.36 bits per heavy atom. The number of primary amides is 1. The first-order chi connectivity index (χ1) is 19.8. The number of amides is 1. The minimum Gasteiger partial charge on any atom is -0.475 e. The van der Waals surface area contributed by atoms with Crippen molar-refractivity contribution in [3.63, 3.8) is 0 Å². The van der Waals surface area contributed by atoms with Gasteiger partial charge in [-0.05, 0) is 69.3 Å². The number of thiazole rings is 1. The molecule has 0 atom stereocenters. The van der Waals surface area contributed by atoms with Gasteiger partial charge in [0.25, 0.3) is 5.91 Å². The predicted octanol–water partition coefficient (Wildman–Crippen LogP) is 4.54. The van der Waals surface area contributed by atoms with Crippen molar-refractivity contribution in [2.45, 2.75) is 57.7 Å². The Hall–Kier alpha value is -3.01. The second kappa shape index (κ2) is 13.1. The summed E-state index contributed by atoms with van der Waals surface area (Å²) in [6.07, 6.45) is 4.14. The van der Waals surface area contributed by atoms with Gasteiger partial charge in [0.15, 0.2) is 0 Å². The van der Waals surface area contributed by atoms with Crippen LogP contribution in [0.4, 0.5) is 13.2 Å². The number of nitrogens with two attached hydrogens (primary N) is 1. The topological polar surface area (TPSA) is 150 Å². The largest absolute Gasteiger partial charge is 0.490 e. The van der Waals surface area contributed by atoms with E-state index in [0.717, 1.165) is 59.5 Å². The third kappa shape index (κ3) is 7.49. The molecule has 1 amide bonds. The van der Waals surface area contributed by atoms with Gasteiger partial charge in [0, 0.05) is 47.9 Å². The molecule has 5 rings (SSSR count). The van der Waals surface area contributed by atoms with Crippen LogP contribution in [0.1, 0.15) is 65.7 Å². The number of carboxylic acid groups (broad SMARTS) is 1. The molecule has 2 fully saturated rings. The molecular formula is C27H34F3N5O5S2. The van der Waals surface area contributed by atoms with Gasteiger partial charge in [-0.25, -0.2) is 22.5 Å². The Morgan fingerprint density at radius 1 is 1.14 bits per heavy atom. The number of likely N-dealkylation sites (tertiary alicyclic amines) is 1. The highest BCUT2D eigenvalue weighted by molar-refractivity contribution is 7.89. The van der Waals surface area contributed by atoms with Crippen molar-refractivity contribution in [1.82, 2.24) is 19.2 Å². The Balaban J connectivity index is 0.000000517. The van der Waals surface area contributed by atoms with Crippen LogP contribution >= 0.6 is 11.3 Å². The molecule has 10 nitrogen and oxygen atoms in total. The molecule has 4 heterocycles. The smallest absolute Gasteiger partial charge is 0.475 e. The van der Waals surface area contributed by atoms with Crippen LogP contribution < -0.4 is 5.73 Å².